The van der Waals surface area contributed by atoms with Gasteiger partial charge in [-0.2, -0.15) is 0 Å². The Hall–Kier alpha value is -2.15. The standard InChI is InChI=1S/C18H24N4O3/c1-12-10-19-17(20-12)16-11-22(7-8-24-16)18(23)15-9-14(21-25-15)13-5-3-2-4-6-13/h9-10,13,16H,2-8,11H2,1H3,(H,19,20)/t16-/m0/s1. The first-order chi connectivity index (χ1) is 12.2. The molecule has 0 radical (unpaired) electrons. The zero-order chi connectivity index (χ0) is 17.2. The van der Waals surface area contributed by atoms with E-state index in [9.17, 15) is 4.79 Å². The zero-order valence-corrected chi connectivity index (χ0v) is 14.5. The number of imidazole rings is 1. The van der Waals surface area contributed by atoms with Crippen molar-refractivity contribution >= 4 is 5.91 Å². The molecule has 2 aliphatic rings. The lowest BCUT2D eigenvalue weighted by atomic mass is 9.87. The molecule has 2 fully saturated rings. The fourth-order valence-electron chi connectivity index (χ4n) is 3.73. The van der Waals surface area contributed by atoms with Gasteiger partial charge in [0.15, 0.2) is 0 Å². The van der Waals surface area contributed by atoms with Gasteiger partial charge >= 0.3 is 0 Å². The fraction of sp³-hybridized carbons (Fsp3) is 0.611. The number of aromatic amines is 1. The van der Waals surface area contributed by atoms with Crippen LogP contribution in [0.3, 0.4) is 0 Å². The summed E-state index contributed by atoms with van der Waals surface area (Å²) in [5.74, 6) is 1.40. The fourth-order valence-corrected chi connectivity index (χ4v) is 3.73. The van der Waals surface area contributed by atoms with Gasteiger partial charge in [0.25, 0.3) is 5.91 Å². The van der Waals surface area contributed by atoms with Crippen LogP contribution in [0.2, 0.25) is 0 Å². The number of hydrogen-bond acceptors (Lipinski definition) is 5. The van der Waals surface area contributed by atoms with E-state index in [1.54, 1.807) is 11.1 Å². The van der Waals surface area contributed by atoms with Crippen molar-refractivity contribution in [1.82, 2.24) is 20.0 Å². The second-order valence-electron chi connectivity index (χ2n) is 7.01. The third kappa shape index (κ3) is 3.46. The number of H-pyrrole nitrogens is 1. The number of amides is 1. The molecule has 1 saturated carbocycles. The minimum atomic E-state index is -0.230. The van der Waals surface area contributed by atoms with Gasteiger partial charge in [-0.1, -0.05) is 24.4 Å². The molecule has 1 amide bonds. The van der Waals surface area contributed by atoms with Crippen LogP contribution in [-0.4, -0.2) is 45.6 Å². The summed E-state index contributed by atoms with van der Waals surface area (Å²) in [6, 6.07) is 1.83. The molecular formula is C18H24N4O3. The first-order valence-corrected chi connectivity index (χ1v) is 9.09. The Kier molecular flexibility index (Phi) is 4.57. The monoisotopic (exact) mass is 344 g/mol. The highest BCUT2D eigenvalue weighted by Crippen LogP contribution is 2.32. The van der Waals surface area contributed by atoms with E-state index in [1.165, 1.54) is 19.3 Å². The Bertz CT molecular complexity index is 732. The normalized spacial score (nSPS) is 22.3. The van der Waals surface area contributed by atoms with E-state index in [0.717, 1.165) is 30.1 Å². The summed E-state index contributed by atoms with van der Waals surface area (Å²) in [4.78, 5) is 22.0. The topological polar surface area (TPSA) is 84.2 Å². The van der Waals surface area contributed by atoms with Gasteiger partial charge in [0.2, 0.25) is 5.76 Å². The van der Waals surface area contributed by atoms with E-state index in [1.807, 2.05) is 13.0 Å². The lowest BCUT2D eigenvalue weighted by Gasteiger charge is -2.31. The molecule has 25 heavy (non-hydrogen) atoms. The number of nitrogens with zero attached hydrogens (tertiary/aromatic N) is 3. The molecule has 1 atom stereocenters. The summed E-state index contributed by atoms with van der Waals surface area (Å²) in [7, 11) is 0. The molecule has 2 aromatic rings. The van der Waals surface area contributed by atoms with E-state index in [-0.39, 0.29) is 12.0 Å². The number of ether oxygens (including phenoxy) is 1. The molecule has 4 rings (SSSR count). The van der Waals surface area contributed by atoms with Crippen molar-refractivity contribution in [3.05, 3.63) is 35.2 Å². The van der Waals surface area contributed by atoms with Gasteiger partial charge in [-0.15, -0.1) is 0 Å². The van der Waals surface area contributed by atoms with E-state index < -0.39 is 0 Å². The number of aromatic nitrogens is 3. The number of hydrogen-bond donors (Lipinski definition) is 1. The number of carbonyl (C=O) groups excluding carboxylic acids is 1. The lowest BCUT2D eigenvalue weighted by molar-refractivity contribution is -0.0276. The van der Waals surface area contributed by atoms with Crippen LogP contribution in [0.5, 0.6) is 0 Å². The van der Waals surface area contributed by atoms with Crippen LogP contribution >= 0.6 is 0 Å². The first-order valence-electron chi connectivity index (χ1n) is 9.09. The zero-order valence-electron chi connectivity index (χ0n) is 14.5. The highest BCUT2D eigenvalue weighted by atomic mass is 16.5. The van der Waals surface area contributed by atoms with Gasteiger partial charge in [-0.3, -0.25) is 4.79 Å². The molecular weight excluding hydrogens is 320 g/mol. The summed E-state index contributed by atoms with van der Waals surface area (Å²) >= 11 is 0. The third-order valence-electron chi connectivity index (χ3n) is 5.14. The van der Waals surface area contributed by atoms with Crippen LogP contribution < -0.4 is 0 Å². The van der Waals surface area contributed by atoms with E-state index in [0.29, 0.717) is 31.4 Å². The number of aryl methyl sites for hydroxylation is 1. The van der Waals surface area contributed by atoms with Crippen LogP contribution in [-0.2, 0) is 4.74 Å². The molecule has 1 N–H and O–H groups in total. The molecule has 0 bridgehead atoms. The lowest BCUT2D eigenvalue weighted by Crippen LogP contribution is -2.42. The second-order valence-corrected chi connectivity index (χ2v) is 7.01. The van der Waals surface area contributed by atoms with Crippen LogP contribution in [0.1, 0.15) is 71.9 Å². The number of morpholine rings is 1. The van der Waals surface area contributed by atoms with Gasteiger partial charge in [0.05, 0.1) is 18.8 Å². The summed E-state index contributed by atoms with van der Waals surface area (Å²) in [5, 5.41) is 4.16. The molecule has 1 aliphatic heterocycles. The maximum Gasteiger partial charge on any atom is 0.292 e. The molecule has 0 unspecified atom stereocenters. The smallest absolute Gasteiger partial charge is 0.292 e. The average Bonchev–Trinajstić information content (AvgIpc) is 3.31. The molecule has 7 nitrogen and oxygen atoms in total. The van der Waals surface area contributed by atoms with Gasteiger partial charge in [-0.25, -0.2) is 4.98 Å². The number of nitrogens with one attached hydrogen (secondary N) is 1. The number of carbonyl (C=O) groups is 1. The Balaban J connectivity index is 1.44. The number of rotatable bonds is 3. The van der Waals surface area contributed by atoms with Crippen LogP contribution in [0.25, 0.3) is 0 Å². The summed E-state index contributed by atoms with van der Waals surface area (Å²) in [6.07, 6.45) is 7.57. The van der Waals surface area contributed by atoms with Crippen LogP contribution in [0.15, 0.2) is 16.8 Å². The third-order valence-corrected chi connectivity index (χ3v) is 5.14. The quantitative estimate of drug-likeness (QED) is 0.925. The SMILES string of the molecule is Cc1cnc([C@@H]2CN(C(=O)c3cc(C4CCCCC4)no3)CCO2)[nH]1. The minimum absolute atomic E-state index is 0.119. The molecule has 2 aromatic heterocycles. The van der Waals surface area contributed by atoms with E-state index >= 15 is 0 Å². The molecule has 3 heterocycles. The Morgan fingerprint density at radius 1 is 1.32 bits per heavy atom. The van der Waals surface area contributed by atoms with E-state index in [4.69, 9.17) is 9.26 Å². The van der Waals surface area contributed by atoms with Gasteiger partial charge in [0, 0.05) is 30.4 Å². The Morgan fingerprint density at radius 2 is 2.16 bits per heavy atom. The molecule has 1 aliphatic carbocycles. The molecule has 0 aromatic carbocycles. The van der Waals surface area contributed by atoms with Crippen molar-refractivity contribution in [3.63, 3.8) is 0 Å². The van der Waals surface area contributed by atoms with E-state index in [2.05, 4.69) is 15.1 Å². The van der Waals surface area contributed by atoms with Crippen molar-refractivity contribution in [2.24, 2.45) is 0 Å². The van der Waals surface area contributed by atoms with Gasteiger partial charge < -0.3 is 19.1 Å². The van der Waals surface area contributed by atoms with Crippen molar-refractivity contribution < 1.29 is 14.1 Å². The van der Waals surface area contributed by atoms with Gasteiger partial charge in [-0.05, 0) is 19.8 Å². The van der Waals surface area contributed by atoms with Crippen molar-refractivity contribution in [2.45, 2.75) is 51.0 Å². The Labute approximate surface area is 146 Å². The maximum absolute atomic E-state index is 12.8. The highest BCUT2D eigenvalue weighted by molar-refractivity contribution is 5.91. The second kappa shape index (κ2) is 7.00. The summed E-state index contributed by atoms with van der Waals surface area (Å²) < 4.78 is 11.1. The molecule has 1 saturated heterocycles. The van der Waals surface area contributed by atoms with Gasteiger partial charge in [0.1, 0.15) is 11.9 Å². The summed E-state index contributed by atoms with van der Waals surface area (Å²) in [6.45, 7) is 3.45. The van der Waals surface area contributed by atoms with Crippen molar-refractivity contribution in [3.8, 4) is 0 Å². The van der Waals surface area contributed by atoms with Crippen LogP contribution in [0.4, 0.5) is 0 Å². The van der Waals surface area contributed by atoms with Crippen molar-refractivity contribution in [2.75, 3.05) is 19.7 Å². The first kappa shape index (κ1) is 16.3. The average molecular weight is 344 g/mol. The Morgan fingerprint density at radius 3 is 2.92 bits per heavy atom. The molecule has 134 valence electrons. The minimum Gasteiger partial charge on any atom is -0.367 e. The maximum atomic E-state index is 12.8. The highest BCUT2D eigenvalue weighted by Gasteiger charge is 2.30. The molecule has 0 spiro atoms. The summed E-state index contributed by atoms with van der Waals surface area (Å²) in [5.41, 5.74) is 1.91. The molecule has 7 heteroatoms. The predicted octanol–water partition coefficient (Wildman–Crippen LogP) is 2.97. The van der Waals surface area contributed by atoms with Crippen LogP contribution in [0, 0.1) is 6.92 Å². The predicted molar refractivity (Wildman–Crippen MR) is 90.3 cm³/mol. The van der Waals surface area contributed by atoms with Crippen molar-refractivity contribution in [1.29, 1.82) is 0 Å². The largest absolute Gasteiger partial charge is 0.367 e.